The van der Waals surface area contributed by atoms with Gasteiger partial charge in [0.2, 0.25) is 5.91 Å². The normalized spacial score (nSPS) is 11.9. The third kappa shape index (κ3) is 6.59. The largest absolute Gasteiger partial charge is 0.484 e. The quantitative estimate of drug-likeness (QED) is 0.603. The molecule has 0 spiro atoms. The maximum absolute atomic E-state index is 13.1. The van der Waals surface area contributed by atoms with Crippen LogP contribution in [0, 0.1) is 20.8 Å². The lowest BCUT2D eigenvalue weighted by Gasteiger charge is -2.29. The lowest BCUT2D eigenvalue weighted by Crippen LogP contribution is -2.50. The lowest BCUT2D eigenvalue weighted by atomic mass is 10.1. The summed E-state index contributed by atoms with van der Waals surface area (Å²) in [5.41, 5.74) is 4.16. The fourth-order valence-corrected chi connectivity index (χ4v) is 3.44. The van der Waals surface area contributed by atoms with E-state index < -0.39 is 6.04 Å². The molecule has 2 aromatic rings. The van der Waals surface area contributed by atoms with Gasteiger partial charge in [0.1, 0.15) is 11.8 Å². The maximum Gasteiger partial charge on any atom is 0.261 e. The monoisotopic (exact) mass is 474 g/mol. The molecule has 162 valence electrons. The molecule has 6 heteroatoms. The minimum absolute atomic E-state index is 0.000776. The van der Waals surface area contributed by atoms with Gasteiger partial charge in [0, 0.05) is 17.1 Å². The van der Waals surface area contributed by atoms with E-state index in [2.05, 4.69) is 21.2 Å². The Morgan fingerprint density at radius 3 is 2.27 bits per heavy atom. The first-order chi connectivity index (χ1) is 14.1. The lowest BCUT2D eigenvalue weighted by molar-refractivity contribution is -0.142. The van der Waals surface area contributed by atoms with Crippen molar-refractivity contribution in [1.82, 2.24) is 10.2 Å². The number of carbonyl (C=O) groups excluding carboxylic acids is 2. The molecule has 1 atom stereocenters. The number of aryl methyl sites for hydroxylation is 3. The number of halogens is 1. The van der Waals surface area contributed by atoms with Crippen molar-refractivity contribution >= 4 is 27.7 Å². The molecule has 5 nitrogen and oxygen atoms in total. The zero-order chi connectivity index (χ0) is 22.4. The third-order valence-corrected chi connectivity index (χ3v) is 6.06. The first-order valence-electron chi connectivity index (χ1n) is 10.1. The molecule has 0 bridgehead atoms. The second-order valence-electron chi connectivity index (χ2n) is 8.01. The SMILES string of the molecule is Cc1cccc(CN(C(=O)COc2cc(C)c(Br)c(C)c2)[C@@H](C)C(=O)NC(C)C)c1. The molecule has 2 aromatic carbocycles. The van der Waals surface area contributed by atoms with Gasteiger partial charge in [0.05, 0.1) is 0 Å². The standard InChI is InChI=1S/C24H31BrN2O3/c1-15(2)26-24(29)19(6)27(13-20-9-7-8-16(3)10-20)22(28)14-30-21-11-17(4)23(25)18(5)12-21/h7-12,15,19H,13-14H2,1-6H3,(H,26,29)/t19-/m0/s1. The average Bonchev–Trinajstić information content (AvgIpc) is 2.67. The summed E-state index contributed by atoms with van der Waals surface area (Å²) < 4.78 is 6.82. The van der Waals surface area contributed by atoms with Crippen molar-refractivity contribution in [2.45, 2.75) is 60.2 Å². The Kier molecular flexibility index (Phi) is 8.47. The van der Waals surface area contributed by atoms with Crippen molar-refractivity contribution in [2.24, 2.45) is 0 Å². The number of benzene rings is 2. The van der Waals surface area contributed by atoms with Gasteiger partial charge in [0.25, 0.3) is 5.91 Å². The van der Waals surface area contributed by atoms with Crippen LogP contribution >= 0.6 is 15.9 Å². The highest BCUT2D eigenvalue weighted by Crippen LogP contribution is 2.26. The van der Waals surface area contributed by atoms with E-state index in [1.54, 1.807) is 11.8 Å². The number of rotatable bonds is 8. The molecule has 2 amide bonds. The average molecular weight is 475 g/mol. The van der Waals surface area contributed by atoms with Crippen LogP contribution in [-0.2, 0) is 16.1 Å². The number of amides is 2. The summed E-state index contributed by atoms with van der Waals surface area (Å²) in [5.74, 6) is 0.221. The van der Waals surface area contributed by atoms with Gasteiger partial charge in [-0.2, -0.15) is 0 Å². The summed E-state index contributed by atoms with van der Waals surface area (Å²) in [6.45, 7) is 11.7. The smallest absolute Gasteiger partial charge is 0.261 e. The Bertz CT molecular complexity index is 888. The zero-order valence-corrected chi connectivity index (χ0v) is 20.2. The fraction of sp³-hybridized carbons (Fsp3) is 0.417. The highest BCUT2D eigenvalue weighted by molar-refractivity contribution is 9.10. The topological polar surface area (TPSA) is 58.6 Å². The molecule has 1 N–H and O–H groups in total. The summed E-state index contributed by atoms with van der Waals surface area (Å²) in [4.78, 5) is 27.3. The van der Waals surface area contributed by atoms with Crippen molar-refractivity contribution in [3.8, 4) is 5.75 Å². The van der Waals surface area contributed by atoms with Crippen molar-refractivity contribution in [2.75, 3.05) is 6.61 Å². The first-order valence-corrected chi connectivity index (χ1v) is 10.9. The molecule has 0 aliphatic heterocycles. The van der Waals surface area contributed by atoms with E-state index >= 15 is 0 Å². The Labute approximate surface area is 187 Å². The van der Waals surface area contributed by atoms with Crippen LogP contribution in [0.25, 0.3) is 0 Å². The van der Waals surface area contributed by atoms with Crippen molar-refractivity contribution in [3.63, 3.8) is 0 Å². The number of hydrogen-bond donors (Lipinski definition) is 1. The molecular formula is C24H31BrN2O3. The van der Waals surface area contributed by atoms with Crippen molar-refractivity contribution < 1.29 is 14.3 Å². The molecule has 0 aliphatic carbocycles. The predicted molar refractivity (Wildman–Crippen MR) is 124 cm³/mol. The molecular weight excluding hydrogens is 444 g/mol. The minimum atomic E-state index is -0.614. The Morgan fingerprint density at radius 2 is 1.70 bits per heavy atom. The highest BCUT2D eigenvalue weighted by Gasteiger charge is 2.27. The molecule has 0 aromatic heterocycles. The van der Waals surface area contributed by atoms with Crippen LogP contribution in [0.5, 0.6) is 5.75 Å². The van der Waals surface area contributed by atoms with Crippen molar-refractivity contribution in [3.05, 3.63) is 63.1 Å². The molecule has 0 radical (unpaired) electrons. The van der Waals surface area contributed by atoms with Crippen LogP contribution in [0.1, 0.15) is 43.0 Å². The van der Waals surface area contributed by atoms with E-state index in [1.165, 1.54) is 0 Å². The predicted octanol–water partition coefficient (Wildman–Crippen LogP) is 4.70. The van der Waals surface area contributed by atoms with Crippen molar-refractivity contribution in [1.29, 1.82) is 0 Å². The fourth-order valence-electron chi connectivity index (χ4n) is 3.21. The molecule has 0 saturated heterocycles. The molecule has 0 heterocycles. The molecule has 0 fully saturated rings. The molecule has 0 unspecified atom stereocenters. The third-order valence-electron chi connectivity index (χ3n) is 4.81. The molecule has 0 saturated carbocycles. The Morgan fingerprint density at radius 1 is 1.07 bits per heavy atom. The molecule has 0 aliphatic rings. The van der Waals surface area contributed by atoms with Crippen LogP contribution in [0.3, 0.4) is 0 Å². The van der Waals surface area contributed by atoms with Gasteiger partial charge in [-0.1, -0.05) is 45.8 Å². The number of nitrogens with one attached hydrogen (secondary N) is 1. The summed E-state index contributed by atoms with van der Waals surface area (Å²) in [7, 11) is 0. The van der Waals surface area contributed by atoms with E-state index in [1.807, 2.05) is 71.0 Å². The van der Waals surface area contributed by atoms with Gasteiger partial charge in [-0.25, -0.2) is 0 Å². The van der Waals surface area contributed by atoms with E-state index in [-0.39, 0.29) is 24.5 Å². The van der Waals surface area contributed by atoms with Gasteiger partial charge in [-0.3, -0.25) is 9.59 Å². The van der Waals surface area contributed by atoms with Gasteiger partial charge in [0.15, 0.2) is 6.61 Å². The van der Waals surface area contributed by atoms with Crippen LogP contribution in [0.15, 0.2) is 40.9 Å². The number of nitrogens with zero attached hydrogens (tertiary/aromatic N) is 1. The van der Waals surface area contributed by atoms with Crippen LogP contribution < -0.4 is 10.1 Å². The van der Waals surface area contributed by atoms with Gasteiger partial charge < -0.3 is 15.0 Å². The van der Waals surface area contributed by atoms with Crippen LogP contribution in [0.4, 0.5) is 0 Å². The molecule has 2 rings (SSSR count). The number of hydrogen-bond acceptors (Lipinski definition) is 3. The molecule has 30 heavy (non-hydrogen) atoms. The van der Waals surface area contributed by atoms with Gasteiger partial charge >= 0.3 is 0 Å². The summed E-state index contributed by atoms with van der Waals surface area (Å²) in [6, 6.07) is 11.1. The first kappa shape index (κ1) is 23.9. The Hall–Kier alpha value is -2.34. The second-order valence-corrected chi connectivity index (χ2v) is 8.80. The minimum Gasteiger partial charge on any atom is -0.484 e. The summed E-state index contributed by atoms with van der Waals surface area (Å²) in [6.07, 6.45) is 0. The van der Waals surface area contributed by atoms with Gasteiger partial charge in [-0.15, -0.1) is 0 Å². The Balaban J connectivity index is 2.19. The summed E-state index contributed by atoms with van der Waals surface area (Å²) >= 11 is 3.54. The number of ether oxygens (including phenoxy) is 1. The maximum atomic E-state index is 13.1. The van der Waals surface area contributed by atoms with Gasteiger partial charge in [-0.05, 0) is 70.4 Å². The van der Waals surface area contributed by atoms with Crippen LogP contribution in [0.2, 0.25) is 0 Å². The second kappa shape index (κ2) is 10.6. The van der Waals surface area contributed by atoms with E-state index in [0.29, 0.717) is 12.3 Å². The van der Waals surface area contributed by atoms with E-state index in [9.17, 15) is 9.59 Å². The number of carbonyl (C=O) groups is 2. The van der Waals surface area contributed by atoms with E-state index in [0.717, 1.165) is 26.7 Å². The van der Waals surface area contributed by atoms with Crippen LogP contribution in [-0.4, -0.2) is 35.4 Å². The van der Waals surface area contributed by atoms with E-state index in [4.69, 9.17) is 4.74 Å². The zero-order valence-electron chi connectivity index (χ0n) is 18.6. The summed E-state index contributed by atoms with van der Waals surface area (Å²) in [5, 5.41) is 2.89. The highest BCUT2D eigenvalue weighted by atomic mass is 79.9.